The maximum absolute atomic E-state index is 10.8. The Labute approximate surface area is 99.8 Å². The predicted molar refractivity (Wildman–Crippen MR) is 66.1 cm³/mol. The van der Waals surface area contributed by atoms with Crippen LogP contribution in [0, 0.1) is 17.8 Å². The van der Waals surface area contributed by atoms with Crippen LogP contribution in [0.3, 0.4) is 0 Å². The Balaban J connectivity index is 2.24. The summed E-state index contributed by atoms with van der Waals surface area (Å²) in [7, 11) is 0. The van der Waals surface area contributed by atoms with Gasteiger partial charge in [0.05, 0.1) is 6.10 Å². The minimum Gasteiger partial charge on any atom is -0.463 e. The molecule has 0 amide bonds. The van der Waals surface area contributed by atoms with Crippen LogP contribution in [-0.4, -0.2) is 12.1 Å². The molecule has 1 atom stereocenters. The van der Waals surface area contributed by atoms with Crippen LogP contribution in [0.5, 0.6) is 0 Å². The first kappa shape index (κ1) is 13.5. The molecule has 0 N–H and O–H groups in total. The molecule has 0 radical (unpaired) electrons. The molecule has 0 bridgehead atoms. The SMILES string of the molecule is CC(=O)OC(C)CC1CCC(C(C)C)CC1. The third-order valence-electron chi connectivity index (χ3n) is 3.87. The zero-order chi connectivity index (χ0) is 12.1. The summed E-state index contributed by atoms with van der Waals surface area (Å²) >= 11 is 0. The van der Waals surface area contributed by atoms with E-state index < -0.39 is 0 Å². The highest BCUT2D eigenvalue weighted by Gasteiger charge is 2.24. The second-order valence-corrected chi connectivity index (χ2v) is 5.68. The third kappa shape index (κ3) is 4.54. The maximum atomic E-state index is 10.8. The van der Waals surface area contributed by atoms with Crippen LogP contribution in [0.1, 0.15) is 59.8 Å². The van der Waals surface area contributed by atoms with E-state index in [1.807, 2.05) is 6.92 Å². The van der Waals surface area contributed by atoms with Crippen LogP contribution in [0.2, 0.25) is 0 Å². The Kier molecular flexibility index (Phi) is 5.30. The summed E-state index contributed by atoms with van der Waals surface area (Å²) in [4.78, 5) is 10.8. The van der Waals surface area contributed by atoms with Crippen molar-refractivity contribution in [3.05, 3.63) is 0 Å². The Hall–Kier alpha value is -0.530. The lowest BCUT2D eigenvalue weighted by molar-refractivity contribution is -0.146. The Morgan fingerprint density at radius 2 is 1.75 bits per heavy atom. The van der Waals surface area contributed by atoms with Crippen molar-refractivity contribution in [3.63, 3.8) is 0 Å². The first-order valence-corrected chi connectivity index (χ1v) is 6.66. The molecule has 0 saturated heterocycles. The molecule has 0 aliphatic heterocycles. The molecule has 1 rings (SSSR count). The first-order chi connectivity index (χ1) is 7.49. The van der Waals surface area contributed by atoms with Gasteiger partial charge in [0.2, 0.25) is 0 Å². The van der Waals surface area contributed by atoms with E-state index in [1.54, 1.807) is 0 Å². The molecule has 1 aliphatic rings. The lowest BCUT2D eigenvalue weighted by atomic mass is 9.75. The van der Waals surface area contributed by atoms with Gasteiger partial charge in [-0.25, -0.2) is 0 Å². The molecule has 1 unspecified atom stereocenters. The van der Waals surface area contributed by atoms with Crippen LogP contribution in [0.25, 0.3) is 0 Å². The molecule has 16 heavy (non-hydrogen) atoms. The fraction of sp³-hybridized carbons (Fsp3) is 0.929. The second kappa shape index (κ2) is 6.27. The summed E-state index contributed by atoms with van der Waals surface area (Å²) in [6.45, 7) is 8.15. The summed E-state index contributed by atoms with van der Waals surface area (Å²) in [5.74, 6) is 2.36. The molecule has 0 aromatic heterocycles. The standard InChI is InChI=1S/C14H26O2/c1-10(2)14-7-5-13(6-8-14)9-11(3)16-12(4)15/h10-11,13-14H,5-9H2,1-4H3. The topological polar surface area (TPSA) is 26.3 Å². The Morgan fingerprint density at radius 1 is 1.19 bits per heavy atom. The van der Waals surface area contributed by atoms with Crippen LogP contribution < -0.4 is 0 Å². The van der Waals surface area contributed by atoms with Gasteiger partial charge in [-0.2, -0.15) is 0 Å². The van der Waals surface area contributed by atoms with Crippen LogP contribution in [0.4, 0.5) is 0 Å². The largest absolute Gasteiger partial charge is 0.463 e. The third-order valence-corrected chi connectivity index (χ3v) is 3.87. The molecule has 0 aromatic carbocycles. The van der Waals surface area contributed by atoms with Gasteiger partial charge >= 0.3 is 5.97 Å². The van der Waals surface area contributed by atoms with Crippen molar-refractivity contribution in [3.8, 4) is 0 Å². The molecule has 1 fully saturated rings. The van der Waals surface area contributed by atoms with Gasteiger partial charge in [-0.15, -0.1) is 0 Å². The normalized spacial score (nSPS) is 27.8. The second-order valence-electron chi connectivity index (χ2n) is 5.68. The van der Waals surface area contributed by atoms with Gasteiger partial charge in [-0.05, 0) is 43.9 Å². The molecule has 94 valence electrons. The molecule has 0 spiro atoms. The average Bonchev–Trinajstić information content (AvgIpc) is 2.16. The molecular weight excluding hydrogens is 200 g/mol. The van der Waals surface area contributed by atoms with E-state index >= 15 is 0 Å². The molecule has 1 saturated carbocycles. The van der Waals surface area contributed by atoms with Crippen molar-refractivity contribution >= 4 is 5.97 Å². The fourth-order valence-corrected chi connectivity index (χ4v) is 2.89. The highest BCUT2D eigenvalue weighted by atomic mass is 16.5. The summed E-state index contributed by atoms with van der Waals surface area (Å²) in [6.07, 6.45) is 6.48. The number of esters is 1. The van der Waals surface area contributed by atoms with Gasteiger partial charge in [-0.3, -0.25) is 4.79 Å². The number of ether oxygens (including phenoxy) is 1. The zero-order valence-corrected chi connectivity index (χ0v) is 11.2. The van der Waals surface area contributed by atoms with Gasteiger partial charge in [0.15, 0.2) is 0 Å². The average molecular weight is 226 g/mol. The minimum atomic E-state index is -0.150. The lowest BCUT2D eigenvalue weighted by Gasteiger charge is -2.31. The summed E-state index contributed by atoms with van der Waals surface area (Å²) < 4.78 is 5.19. The number of hydrogen-bond acceptors (Lipinski definition) is 2. The van der Waals surface area contributed by atoms with E-state index in [4.69, 9.17) is 4.74 Å². The highest BCUT2D eigenvalue weighted by Crippen LogP contribution is 2.35. The van der Waals surface area contributed by atoms with Crippen LogP contribution in [0.15, 0.2) is 0 Å². The quantitative estimate of drug-likeness (QED) is 0.682. The minimum absolute atomic E-state index is 0.0955. The van der Waals surface area contributed by atoms with Gasteiger partial charge in [-0.1, -0.05) is 26.7 Å². The van der Waals surface area contributed by atoms with E-state index in [1.165, 1.54) is 32.6 Å². The van der Waals surface area contributed by atoms with Crippen LogP contribution >= 0.6 is 0 Å². The monoisotopic (exact) mass is 226 g/mol. The molecule has 2 heteroatoms. The maximum Gasteiger partial charge on any atom is 0.302 e. The zero-order valence-electron chi connectivity index (χ0n) is 11.2. The van der Waals surface area contributed by atoms with Crippen molar-refractivity contribution in [1.82, 2.24) is 0 Å². The summed E-state index contributed by atoms with van der Waals surface area (Å²) in [6, 6.07) is 0. The Morgan fingerprint density at radius 3 is 2.19 bits per heavy atom. The van der Waals surface area contributed by atoms with E-state index in [0.717, 1.165) is 24.2 Å². The van der Waals surface area contributed by atoms with Crippen LogP contribution in [-0.2, 0) is 9.53 Å². The van der Waals surface area contributed by atoms with E-state index in [0.29, 0.717) is 0 Å². The van der Waals surface area contributed by atoms with E-state index in [2.05, 4.69) is 13.8 Å². The molecule has 0 aromatic rings. The fourth-order valence-electron chi connectivity index (χ4n) is 2.89. The van der Waals surface area contributed by atoms with Crippen molar-refractivity contribution < 1.29 is 9.53 Å². The van der Waals surface area contributed by atoms with Gasteiger partial charge in [0.1, 0.15) is 0 Å². The summed E-state index contributed by atoms with van der Waals surface area (Å²) in [5.41, 5.74) is 0. The molecular formula is C14H26O2. The van der Waals surface area contributed by atoms with E-state index in [-0.39, 0.29) is 12.1 Å². The lowest BCUT2D eigenvalue weighted by Crippen LogP contribution is -2.23. The van der Waals surface area contributed by atoms with Crippen molar-refractivity contribution in [2.45, 2.75) is 65.9 Å². The molecule has 1 aliphatic carbocycles. The van der Waals surface area contributed by atoms with Crippen molar-refractivity contribution in [2.75, 3.05) is 0 Å². The Bertz CT molecular complexity index is 215. The smallest absolute Gasteiger partial charge is 0.302 e. The van der Waals surface area contributed by atoms with Gasteiger partial charge in [0, 0.05) is 6.92 Å². The number of carbonyl (C=O) groups excluding carboxylic acids is 1. The summed E-state index contributed by atoms with van der Waals surface area (Å²) in [5, 5.41) is 0. The number of carbonyl (C=O) groups is 1. The van der Waals surface area contributed by atoms with Crippen molar-refractivity contribution in [2.24, 2.45) is 17.8 Å². The van der Waals surface area contributed by atoms with Gasteiger partial charge < -0.3 is 4.74 Å². The van der Waals surface area contributed by atoms with Gasteiger partial charge in [0.25, 0.3) is 0 Å². The first-order valence-electron chi connectivity index (χ1n) is 6.66. The van der Waals surface area contributed by atoms with Crippen molar-refractivity contribution in [1.29, 1.82) is 0 Å². The number of hydrogen-bond donors (Lipinski definition) is 0. The van der Waals surface area contributed by atoms with E-state index in [9.17, 15) is 4.79 Å². The molecule has 2 nitrogen and oxygen atoms in total. The molecule has 0 heterocycles. The highest BCUT2D eigenvalue weighted by molar-refractivity contribution is 5.66. The number of rotatable bonds is 4. The predicted octanol–water partition coefficient (Wildman–Crippen LogP) is 3.79.